The number of anilines is 2. The highest BCUT2D eigenvalue weighted by Crippen LogP contribution is 2.26. The van der Waals surface area contributed by atoms with Gasteiger partial charge in [0.25, 0.3) is 0 Å². The Balaban J connectivity index is 0.000000340. The molecule has 2 heterocycles. The van der Waals surface area contributed by atoms with Gasteiger partial charge >= 0.3 is 12.2 Å². The molecule has 2 amide bonds. The smallest absolute Gasteiger partial charge is 0.409 e. The molecule has 0 bridgehead atoms. The zero-order chi connectivity index (χ0) is 26.0. The minimum atomic E-state index is -0.484. The van der Waals surface area contributed by atoms with E-state index in [4.69, 9.17) is 55.7 Å². The van der Waals surface area contributed by atoms with Gasteiger partial charge in [0.15, 0.2) is 0 Å². The van der Waals surface area contributed by atoms with E-state index < -0.39 is 12.2 Å². The average molecular weight is 538 g/mol. The van der Waals surface area contributed by atoms with Crippen LogP contribution in [-0.2, 0) is 35.2 Å². The van der Waals surface area contributed by atoms with E-state index >= 15 is 0 Å². The molecule has 0 radical (unpaired) electrons. The molecule has 14 heteroatoms. The number of ether oxygens (including phenoxy) is 2. The minimum absolute atomic E-state index is 0.00153. The third kappa shape index (κ3) is 8.24. The molecule has 2 rings (SSSR count). The first-order valence-electron chi connectivity index (χ1n) is 9.62. The number of aliphatic hydroxyl groups is 1. The van der Waals surface area contributed by atoms with Crippen molar-refractivity contribution in [1.29, 1.82) is 0 Å². The number of carbonyl (C=O) groups is 2. The Bertz CT molecular complexity index is 1010. The normalized spacial score (nSPS) is 10.1. The lowest BCUT2D eigenvalue weighted by Gasteiger charge is -2.14. The van der Waals surface area contributed by atoms with Crippen molar-refractivity contribution in [3.8, 4) is 0 Å². The van der Waals surface area contributed by atoms with Crippen LogP contribution < -0.4 is 11.5 Å². The maximum atomic E-state index is 11.3. The summed E-state index contributed by atoms with van der Waals surface area (Å²) in [6.45, 7) is -0.307. The summed E-state index contributed by atoms with van der Waals surface area (Å²) in [4.78, 5) is 32.9. The van der Waals surface area contributed by atoms with Crippen LogP contribution in [0.3, 0.4) is 0 Å². The summed E-state index contributed by atoms with van der Waals surface area (Å²) < 4.78 is 9.98. The summed E-state index contributed by atoms with van der Waals surface area (Å²) in [6.07, 6.45) is 1.90. The summed E-state index contributed by atoms with van der Waals surface area (Å²) in [7, 11) is 6.32. The second-order valence-electron chi connectivity index (χ2n) is 7.10. The first-order chi connectivity index (χ1) is 15.9. The number of hydrogen-bond donors (Lipinski definition) is 3. The van der Waals surface area contributed by atoms with Gasteiger partial charge in [-0.1, -0.05) is 23.2 Å². The predicted octanol–water partition coefficient (Wildman–Crippen LogP) is 3.26. The molecule has 34 heavy (non-hydrogen) atoms. The fourth-order valence-corrected chi connectivity index (χ4v) is 3.12. The van der Waals surface area contributed by atoms with Gasteiger partial charge in [-0.3, -0.25) is 0 Å². The van der Waals surface area contributed by atoms with Crippen molar-refractivity contribution in [3.05, 3.63) is 44.7 Å². The van der Waals surface area contributed by atoms with Gasteiger partial charge in [0.1, 0.15) is 24.8 Å². The summed E-state index contributed by atoms with van der Waals surface area (Å²) >= 11 is 17.6. The molecule has 2 aromatic heterocycles. The zero-order valence-corrected chi connectivity index (χ0v) is 21.4. The Morgan fingerprint density at radius 3 is 1.94 bits per heavy atom. The predicted molar refractivity (Wildman–Crippen MR) is 131 cm³/mol. The van der Waals surface area contributed by atoms with Crippen LogP contribution in [0.2, 0.25) is 10.0 Å². The fourth-order valence-electron chi connectivity index (χ4n) is 2.29. The SMILES string of the molecule is CN(C)C(=O)OCc1c(N)ncc(Cl)c1CCl.CN(C)C(=O)OCc1cnc(N)c(Cl)c1CO. The van der Waals surface area contributed by atoms with Gasteiger partial charge in [-0.05, 0) is 5.56 Å². The minimum Gasteiger partial charge on any atom is -0.444 e. The molecule has 0 spiro atoms. The highest BCUT2D eigenvalue weighted by atomic mass is 35.5. The van der Waals surface area contributed by atoms with E-state index in [0.29, 0.717) is 27.3 Å². The Hall–Kier alpha value is -2.73. The molecule has 5 N–H and O–H groups in total. The largest absolute Gasteiger partial charge is 0.444 e. The van der Waals surface area contributed by atoms with Crippen LogP contribution in [0.15, 0.2) is 12.4 Å². The Morgan fingerprint density at radius 1 is 0.912 bits per heavy atom. The van der Waals surface area contributed by atoms with E-state index in [2.05, 4.69) is 9.97 Å². The number of hydrogen-bond acceptors (Lipinski definition) is 9. The highest BCUT2D eigenvalue weighted by molar-refractivity contribution is 6.33. The van der Waals surface area contributed by atoms with E-state index in [0.717, 1.165) is 0 Å². The van der Waals surface area contributed by atoms with Crippen molar-refractivity contribution in [2.75, 3.05) is 39.7 Å². The van der Waals surface area contributed by atoms with Crippen LogP contribution in [0.1, 0.15) is 22.3 Å². The number of aromatic nitrogens is 2. The molecule has 0 fully saturated rings. The van der Waals surface area contributed by atoms with Gasteiger partial charge in [-0.15, -0.1) is 11.6 Å². The number of nitrogen functional groups attached to an aromatic ring is 2. The zero-order valence-electron chi connectivity index (χ0n) is 19.1. The molecule has 0 aliphatic rings. The Kier molecular flexibility index (Phi) is 11.9. The van der Waals surface area contributed by atoms with Crippen LogP contribution in [0.5, 0.6) is 0 Å². The molecular weight excluding hydrogens is 511 g/mol. The number of pyridine rings is 2. The molecular formula is C20H27Cl3N6O5. The molecule has 0 unspecified atom stereocenters. The van der Waals surface area contributed by atoms with Crippen LogP contribution in [0.25, 0.3) is 0 Å². The standard InChI is InChI=1S/C10H13Cl2N3O2.C10H14ClN3O3/c1-15(2)10(16)17-5-7-6(3-11)8(12)4-14-9(7)13;1-14(2)10(16)17-5-6-3-13-9(12)8(11)7(6)4-15/h4H,3,5H2,1-2H3,(H2,13,14);3,15H,4-5H2,1-2H3,(H2,12,13). The van der Waals surface area contributed by atoms with Gasteiger partial charge in [0.2, 0.25) is 0 Å². The average Bonchev–Trinajstić information content (AvgIpc) is 2.79. The molecule has 0 atom stereocenters. The number of amides is 2. The van der Waals surface area contributed by atoms with Crippen LogP contribution >= 0.6 is 34.8 Å². The first kappa shape index (κ1) is 29.3. The highest BCUT2D eigenvalue weighted by Gasteiger charge is 2.15. The van der Waals surface area contributed by atoms with E-state index in [1.54, 1.807) is 28.2 Å². The maximum Gasteiger partial charge on any atom is 0.409 e. The van der Waals surface area contributed by atoms with Crippen LogP contribution in [0, 0.1) is 0 Å². The number of nitrogens with zero attached hydrogens (tertiary/aromatic N) is 4. The quantitative estimate of drug-likeness (QED) is 0.470. The van der Waals surface area contributed by atoms with E-state index in [-0.39, 0.29) is 42.4 Å². The Morgan fingerprint density at radius 2 is 1.44 bits per heavy atom. The molecule has 2 aromatic rings. The second kappa shape index (κ2) is 13.9. The van der Waals surface area contributed by atoms with Gasteiger partial charge in [-0.2, -0.15) is 0 Å². The number of aliphatic hydroxyl groups excluding tert-OH is 1. The Labute approximate surface area is 212 Å². The fraction of sp³-hybridized carbons (Fsp3) is 0.400. The van der Waals surface area contributed by atoms with E-state index in [1.165, 1.54) is 22.2 Å². The summed E-state index contributed by atoms with van der Waals surface area (Å²) in [6, 6.07) is 0. The molecule has 0 saturated heterocycles. The lowest BCUT2D eigenvalue weighted by Crippen LogP contribution is -2.23. The summed E-state index contributed by atoms with van der Waals surface area (Å²) in [5.74, 6) is 0.579. The van der Waals surface area contributed by atoms with Gasteiger partial charge < -0.3 is 35.8 Å². The van der Waals surface area contributed by atoms with E-state index in [1.807, 2.05) is 0 Å². The lowest BCUT2D eigenvalue weighted by molar-refractivity contribution is 0.111. The van der Waals surface area contributed by atoms with Crippen molar-refractivity contribution in [3.63, 3.8) is 0 Å². The van der Waals surface area contributed by atoms with Crippen molar-refractivity contribution < 1.29 is 24.2 Å². The molecule has 0 saturated carbocycles. The van der Waals surface area contributed by atoms with Crippen molar-refractivity contribution in [1.82, 2.24) is 19.8 Å². The first-order valence-corrected chi connectivity index (χ1v) is 10.9. The molecule has 11 nitrogen and oxygen atoms in total. The van der Waals surface area contributed by atoms with E-state index in [9.17, 15) is 14.7 Å². The van der Waals surface area contributed by atoms with Crippen LogP contribution in [-0.4, -0.2) is 65.3 Å². The topological polar surface area (TPSA) is 157 Å². The van der Waals surface area contributed by atoms with Gasteiger partial charge in [0, 0.05) is 63.2 Å². The molecule has 0 aliphatic carbocycles. The van der Waals surface area contributed by atoms with Crippen LogP contribution in [0.4, 0.5) is 21.2 Å². The molecule has 0 aliphatic heterocycles. The van der Waals surface area contributed by atoms with Crippen molar-refractivity contribution in [2.24, 2.45) is 0 Å². The van der Waals surface area contributed by atoms with Crippen molar-refractivity contribution >= 4 is 58.6 Å². The molecule has 0 aromatic carbocycles. The number of carbonyl (C=O) groups excluding carboxylic acids is 2. The summed E-state index contributed by atoms with van der Waals surface area (Å²) in [5.41, 5.74) is 13.3. The number of alkyl halides is 1. The summed E-state index contributed by atoms with van der Waals surface area (Å²) in [5, 5.41) is 9.77. The number of rotatable bonds is 6. The monoisotopic (exact) mass is 536 g/mol. The lowest BCUT2D eigenvalue weighted by atomic mass is 10.1. The third-order valence-electron chi connectivity index (χ3n) is 4.23. The third-order valence-corrected chi connectivity index (χ3v) is 5.24. The number of halogens is 3. The molecule has 188 valence electrons. The second-order valence-corrected chi connectivity index (χ2v) is 8.15. The van der Waals surface area contributed by atoms with Crippen molar-refractivity contribution in [2.45, 2.75) is 25.7 Å². The maximum absolute atomic E-state index is 11.3. The van der Waals surface area contributed by atoms with Gasteiger partial charge in [0.05, 0.1) is 16.7 Å². The van der Waals surface area contributed by atoms with Gasteiger partial charge in [-0.25, -0.2) is 19.6 Å². The number of nitrogens with two attached hydrogens (primary N) is 2.